The number of benzene rings is 1. The lowest BCUT2D eigenvalue weighted by atomic mass is 9.84. The van der Waals surface area contributed by atoms with Crippen molar-refractivity contribution in [1.29, 1.82) is 0 Å². The highest BCUT2D eigenvalue weighted by Gasteiger charge is 2.25. The van der Waals surface area contributed by atoms with Crippen LogP contribution in [0.3, 0.4) is 0 Å². The van der Waals surface area contributed by atoms with E-state index in [9.17, 15) is 9.90 Å². The van der Waals surface area contributed by atoms with Gasteiger partial charge in [0, 0.05) is 23.6 Å². The number of rotatable bonds is 4. The lowest BCUT2D eigenvalue weighted by Gasteiger charge is -2.25. The average molecular weight is 389 g/mol. The van der Waals surface area contributed by atoms with Gasteiger partial charge in [-0.25, -0.2) is 14.3 Å². The van der Waals surface area contributed by atoms with Crippen LogP contribution in [0, 0.1) is 0 Å². The van der Waals surface area contributed by atoms with Gasteiger partial charge in [-0.2, -0.15) is 5.10 Å². The molecule has 0 spiro atoms. The molecule has 0 radical (unpaired) electrons. The number of carbonyl (C=O) groups is 1. The molecule has 1 aromatic carbocycles. The number of nitrogens with zero attached hydrogens (tertiary/aromatic N) is 3. The lowest BCUT2D eigenvalue weighted by molar-refractivity contribution is 0.0698. The first-order valence-corrected chi connectivity index (χ1v) is 10.2. The van der Waals surface area contributed by atoms with Crippen LogP contribution in [0.2, 0.25) is 0 Å². The maximum atomic E-state index is 11.6. The monoisotopic (exact) mass is 389 g/mol. The molecule has 148 valence electrons. The Kier molecular flexibility index (Phi) is 4.54. The third-order valence-electron chi connectivity index (χ3n) is 6.12. The highest BCUT2D eigenvalue weighted by atomic mass is 16.5. The molecule has 1 aliphatic carbocycles. The molecule has 1 unspecified atom stereocenters. The van der Waals surface area contributed by atoms with E-state index in [1.807, 2.05) is 6.20 Å². The maximum absolute atomic E-state index is 11.6. The molecule has 0 bridgehead atoms. The second-order valence-corrected chi connectivity index (χ2v) is 7.88. The van der Waals surface area contributed by atoms with Crippen molar-refractivity contribution in [2.75, 3.05) is 6.61 Å². The Bertz CT molecular complexity index is 1080. The maximum Gasteiger partial charge on any atom is 0.341 e. The molecule has 3 aromatic rings. The van der Waals surface area contributed by atoms with Crippen molar-refractivity contribution in [3.63, 3.8) is 0 Å². The van der Waals surface area contributed by atoms with Gasteiger partial charge in [-0.15, -0.1) is 0 Å². The van der Waals surface area contributed by atoms with Crippen molar-refractivity contribution in [2.45, 2.75) is 43.9 Å². The van der Waals surface area contributed by atoms with Crippen molar-refractivity contribution >= 4 is 11.6 Å². The zero-order valence-electron chi connectivity index (χ0n) is 16.1. The lowest BCUT2D eigenvalue weighted by Crippen LogP contribution is -2.13. The third kappa shape index (κ3) is 3.18. The van der Waals surface area contributed by atoms with Gasteiger partial charge in [-0.3, -0.25) is 0 Å². The van der Waals surface area contributed by atoms with Crippen LogP contribution in [0.5, 0.6) is 0 Å². The Morgan fingerprint density at radius 1 is 1.10 bits per heavy atom. The van der Waals surface area contributed by atoms with Gasteiger partial charge in [-0.05, 0) is 30.0 Å². The number of ether oxygens (including phenoxy) is 1. The Morgan fingerprint density at radius 2 is 1.90 bits per heavy atom. The van der Waals surface area contributed by atoms with E-state index < -0.39 is 5.97 Å². The predicted octanol–water partition coefficient (Wildman–Crippen LogP) is 4.77. The van der Waals surface area contributed by atoms with Gasteiger partial charge in [-0.1, -0.05) is 43.5 Å². The van der Waals surface area contributed by atoms with E-state index in [0.717, 1.165) is 29.7 Å². The fourth-order valence-electron chi connectivity index (χ4n) is 4.57. The Labute approximate surface area is 168 Å². The molecular weight excluding hydrogens is 366 g/mol. The summed E-state index contributed by atoms with van der Waals surface area (Å²) >= 11 is 0. The average Bonchev–Trinajstić information content (AvgIpc) is 3.44. The SMILES string of the molecule is O=C(O)c1cnn2c(C3CCCCC3)c(-c3ccc(C4C=COC4)cc3)cnc12. The Morgan fingerprint density at radius 3 is 2.59 bits per heavy atom. The first-order chi connectivity index (χ1) is 14.2. The number of aromatic carboxylic acids is 1. The summed E-state index contributed by atoms with van der Waals surface area (Å²) in [5, 5.41) is 13.9. The molecule has 6 nitrogen and oxygen atoms in total. The molecule has 1 fully saturated rings. The van der Waals surface area contributed by atoms with E-state index in [1.165, 1.54) is 31.0 Å². The van der Waals surface area contributed by atoms with E-state index in [1.54, 1.807) is 10.8 Å². The molecule has 1 aliphatic heterocycles. The van der Waals surface area contributed by atoms with Crippen LogP contribution in [-0.4, -0.2) is 32.3 Å². The summed E-state index contributed by atoms with van der Waals surface area (Å²) in [5.74, 6) is -0.339. The molecule has 0 saturated heterocycles. The molecule has 1 N–H and O–H groups in total. The molecule has 1 saturated carbocycles. The number of aromatic nitrogens is 3. The Hall–Kier alpha value is -3.15. The molecule has 6 heteroatoms. The van der Waals surface area contributed by atoms with Crippen molar-refractivity contribution in [2.24, 2.45) is 0 Å². The van der Waals surface area contributed by atoms with Gasteiger partial charge in [0.2, 0.25) is 0 Å². The van der Waals surface area contributed by atoms with E-state index in [4.69, 9.17) is 4.74 Å². The summed E-state index contributed by atoms with van der Waals surface area (Å²) in [6.45, 7) is 0.686. The van der Waals surface area contributed by atoms with Crippen molar-refractivity contribution in [1.82, 2.24) is 14.6 Å². The van der Waals surface area contributed by atoms with Gasteiger partial charge < -0.3 is 9.84 Å². The molecule has 2 aliphatic rings. The minimum Gasteiger partial charge on any atom is -0.501 e. The summed E-state index contributed by atoms with van der Waals surface area (Å²) in [6, 6.07) is 8.52. The van der Waals surface area contributed by atoms with Gasteiger partial charge >= 0.3 is 5.97 Å². The van der Waals surface area contributed by atoms with Gasteiger partial charge in [0.25, 0.3) is 0 Å². The second kappa shape index (κ2) is 7.35. The van der Waals surface area contributed by atoms with E-state index in [-0.39, 0.29) is 5.56 Å². The standard InChI is InChI=1S/C23H23N3O3/c27-23(28)20-13-25-26-21(17-4-2-1-3-5-17)19(12-24-22(20)26)16-8-6-15(7-9-16)18-10-11-29-14-18/h6-13,17-18H,1-5,14H2,(H,27,28). The number of hydrogen-bond donors (Lipinski definition) is 1. The first kappa shape index (κ1) is 17.9. The van der Waals surface area contributed by atoms with Crippen LogP contribution in [-0.2, 0) is 4.74 Å². The number of carboxylic acids is 1. The number of fused-ring (bicyclic) bond motifs is 1. The minimum absolute atomic E-state index is 0.150. The highest BCUT2D eigenvalue weighted by Crippen LogP contribution is 2.38. The van der Waals surface area contributed by atoms with Crippen molar-refractivity contribution in [3.8, 4) is 11.1 Å². The van der Waals surface area contributed by atoms with E-state index in [2.05, 4.69) is 40.4 Å². The summed E-state index contributed by atoms with van der Waals surface area (Å²) in [7, 11) is 0. The number of carboxylic acid groups (broad SMARTS) is 1. The van der Waals surface area contributed by atoms with Gasteiger partial charge in [0.05, 0.1) is 24.8 Å². The van der Waals surface area contributed by atoms with Crippen molar-refractivity contribution < 1.29 is 14.6 Å². The molecule has 29 heavy (non-hydrogen) atoms. The molecule has 5 rings (SSSR count). The van der Waals surface area contributed by atoms with Crippen LogP contribution < -0.4 is 0 Å². The Balaban J connectivity index is 1.62. The van der Waals surface area contributed by atoms with E-state index in [0.29, 0.717) is 24.1 Å². The zero-order valence-corrected chi connectivity index (χ0v) is 16.1. The molecule has 3 heterocycles. The van der Waals surface area contributed by atoms with Crippen LogP contribution >= 0.6 is 0 Å². The fourth-order valence-corrected chi connectivity index (χ4v) is 4.57. The first-order valence-electron chi connectivity index (χ1n) is 10.2. The van der Waals surface area contributed by atoms with Crippen molar-refractivity contribution in [3.05, 3.63) is 65.8 Å². The summed E-state index contributed by atoms with van der Waals surface area (Å²) < 4.78 is 7.10. The largest absolute Gasteiger partial charge is 0.501 e. The van der Waals surface area contributed by atoms with Crippen LogP contribution in [0.4, 0.5) is 0 Å². The molecular formula is C23H23N3O3. The van der Waals surface area contributed by atoms with E-state index >= 15 is 0 Å². The van der Waals surface area contributed by atoms with Crippen LogP contribution in [0.15, 0.2) is 49.0 Å². The topological polar surface area (TPSA) is 76.7 Å². The molecule has 2 aromatic heterocycles. The zero-order chi connectivity index (χ0) is 19.8. The van der Waals surface area contributed by atoms with Crippen LogP contribution in [0.1, 0.15) is 65.6 Å². The third-order valence-corrected chi connectivity index (χ3v) is 6.12. The fraction of sp³-hybridized carbons (Fsp3) is 0.348. The second-order valence-electron chi connectivity index (χ2n) is 7.88. The van der Waals surface area contributed by atoms with Gasteiger partial charge in [0.15, 0.2) is 5.65 Å². The predicted molar refractivity (Wildman–Crippen MR) is 109 cm³/mol. The summed E-state index contributed by atoms with van der Waals surface area (Å²) in [5.41, 5.74) is 5.00. The summed E-state index contributed by atoms with van der Waals surface area (Å²) in [4.78, 5) is 16.1. The normalized spacial score (nSPS) is 19.5. The quantitative estimate of drug-likeness (QED) is 0.695. The minimum atomic E-state index is -0.994. The van der Waals surface area contributed by atoms with Crippen LogP contribution in [0.25, 0.3) is 16.8 Å². The number of hydrogen-bond acceptors (Lipinski definition) is 4. The smallest absolute Gasteiger partial charge is 0.341 e. The van der Waals surface area contributed by atoms with Gasteiger partial charge in [0.1, 0.15) is 5.56 Å². The molecule has 0 amide bonds. The molecule has 1 atom stereocenters. The summed E-state index contributed by atoms with van der Waals surface area (Å²) in [6.07, 6.45) is 12.9. The highest BCUT2D eigenvalue weighted by molar-refractivity contribution is 5.94.